The molecule has 0 spiro atoms. The van der Waals surface area contributed by atoms with Crippen LogP contribution in [0.5, 0.6) is 5.75 Å². The van der Waals surface area contributed by atoms with Crippen molar-refractivity contribution in [1.82, 2.24) is 15.5 Å². The largest absolute Gasteiger partial charge is 0.508 e. The van der Waals surface area contributed by atoms with E-state index in [0.717, 1.165) is 16.7 Å². The summed E-state index contributed by atoms with van der Waals surface area (Å²) in [5.41, 5.74) is 1.22. The first-order chi connectivity index (χ1) is 24.1. The van der Waals surface area contributed by atoms with Crippen LogP contribution in [0.15, 0.2) is 72.8 Å². The molecule has 0 aliphatic heterocycles. The van der Waals surface area contributed by atoms with Crippen LogP contribution in [0.1, 0.15) is 103 Å². The molecule has 0 fully saturated rings. The molecule has 52 heavy (non-hydrogen) atoms. The maximum absolute atomic E-state index is 15.2. The molecule has 3 aromatic carbocycles. The van der Waals surface area contributed by atoms with Gasteiger partial charge >= 0.3 is 12.1 Å². The van der Waals surface area contributed by atoms with Gasteiger partial charge in [-0.25, -0.2) is 9.59 Å². The molecule has 3 rings (SSSR count). The molecule has 0 bridgehead atoms. The predicted molar refractivity (Wildman–Crippen MR) is 203 cm³/mol. The topological polar surface area (TPSA) is 134 Å². The van der Waals surface area contributed by atoms with E-state index in [1.807, 2.05) is 83.1 Å². The van der Waals surface area contributed by atoms with Crippen LogP contribution < -0.4 is 10.6 Å². The van der Waals surface area contributed by atoms with Gasteiger partial charge in [0, 0.05) is 18.4 Å². The van der Waals surface area contributed by atoms with Gasteiger partial charge in [-0.3, -0.25) is 9.59 Å². The zero-order valence-electron chi connectivity index (χ0n) is 32.6. The number of benzene rings is 3. The highest BCUT2D eigenvalue weighted by Crippen LogP contribution is 2.35. The summed E-state index contributed by atoms with van der Waals surface area (Å²) in [6, 6.07) is 17.9. The summed E-state index contributed by atoms with van der Waals surface area (Å²) in [5.74, 6) is -1.65. The first kappa shape index (κ1) is 41.6. The Bertz CT molecular complexity index is 1690. The zero-order valence-corrected chi connectivity index (χ0v) is 32.6. The Hall–Kier alpha value is -4.86. The van der Waals surface area contributed by atoms with Crippen molar-refractivity contribution in [2.24, 2.45) is 0 Å². The fraction of sp³-hybridized carbons (Fsp3) is 0.476. The van der Waals surface area contributed by atoms with E-state index < -0.39 is 58.7 Å². The number of amides is 3. The molecule has 0 aliphatic rings. The number of rotatable bonds is 13. The van der Waals surface area contributed by atoms with Gasteiger partial charge in [0.25, 0.3) is 0 Å². The monoisotopic (exact) mass is 715 g/mol. The number of phenolic OH excluding ortho intramolecular Hbond substituents is 1. The van der Waals surface area contributed by atoms with E-state index in [9.17, 15) is 19.5 Å². The van der Waals surface area contributed by atoms with Crippen LogP contribution in [0.4, 0.5) is 4.79 Å². The maximum Gasteiger partial charge on any atom is 0.408 e. The molecular formula is C42H57N3O7. The van der Waals surface area contributed by atoms with Crippen molar-refractivity contribution in [3.63, 3.8) is 0 Å². The van der Waals surface area contributed by atoms with Gasteiger partial charge in [0.05, 0.1) is 0 Å². The van der Waals surface area contributed by atoms with Gasteiger partial charge in [-0.1, -0.05) is 73.2 Å². The smallest absolute Gasteiger partial charge is 0.408 e. The minimum absolute atomic E-state index is 0.0460. The van der Waals surface area contributed by atoms with Crippen molar-refractivity contribution < 1.29 is 33.8 Å². The van der Waals surface area contributed by atoms with Crippen molar-refractivity contribution in [2.45, 2.75) is 130 Å². The highest BCUT2D eigenvalue weighted by atomic mass is 16.6. The first-order valence-corrected chi connectivity index (χ1v) is 17.8. The Morgan fingerprint density at radius 1 is 0.731 bits per heavy atom. The maximum atomic E-state index is 15.2. The number of hydrogen-bond donors (Lipinski definition) is 3. The fourth-order valence-electron chi connectivity index (χ4n) is 5.83. The summed E-state index contributed by atoms with van der Waals surface area (Å²) in [6.07, 6.45) is -0.134. The van der Waals surface area contributed by atoms with Gasteiger partial charge in [0.2, 0.25) is 11.8 Å². The third-order valence-electron chi connectivity index (χ3n) is 8.64. The lowest BCUT2D eigenvalue weighted by molar-refractivity contribution is -0.159. The van der Waals surface area contributed by atoms with Crippen LogP contribution in [0.2, 0.25) is 0 Å². The number of aryl methyl sites for hydroxylation is 2. The number of phenols is 1. The molecule has 0 saturated carbocycles. The van der Waals surface area contributed by atoms with E-state index in [2.05, 4.69) is 10.6 Å². The van der Waals surface area contributed by atoms with Crippen LogP contribution in [0.25, 0.3) is 0 Å². The average molecular weight is 716 g/mol. The second-order valence-corrected chi connectivity index (χ2v) is 16.0. The van der Waals surface area contributed by atoms with Gasteiger partial charge in [-0.05, 0) is 110 Å². The molecular weight excluding hydrogens is 658 g/mol. The number of nitrogens with zero attached hydrogens (tertiary/aromatic N) is 1. The fourth-order valence-corrected chi connectivity index (χ4v) is 5.83. The van der Waals surface area contributed by atoms with Gasteiger partial charge in [-0.15, -0.1) is 0 Å². The molecule has 3 aromatic rings. The molecule has 0 aromatic heterocycles. The van der Waals surface area contributed by atoms with E-state index in [4.69, 9.17) is 9.47 Å². The Labute approximate surface area is 309 Å². The van der Waals surface area contributed by atoms with E-state index in [1.165, 1.54) is 17.0 Å². The third kappa shape index (κ3) is 12.1. The van der Waals surface area contributed by atoms with Crippen molar-refractivity contribution in [2.75, 3.05) is 0 Å². The Morgan fingerprint density at radius 2 is 1.29 bits per heavy atom. The van der Waals surface area contributed by atoms with Crippen LogP contribution in [0, 0.1) is 13.8 Å². The molecule has 3 unspecified atom stereocenters. The number of nitrogens with one attached hydrogen (secondary N) is 2. The van der Waals surface area contributed by atoms with Crippen LogP contribution >= 0.6 is 0 Å². The Kier molecular flexibility index (Phi) is 13.7. The first-order valence-electron chi connectivity index (χ1n) is 17.8. The second-order valence-electron chi connectivity index (χ2n) is 16.0. The summed E-state index contributed by atoms with van der Waals surface area (Å²) in [6.45, 7) is 20.0. The molecule has 0 saturated heterocycles. The lowest BCUT2D eigenvalue weighted by atomic mass is 9.89. The predicted octanol–water partition coefficient (Wildman–Crippen LogP) is 7.27. The number of esters is 1. The lowest BCUT2D eigenvalue weighted by Gasteiger charge is -2.45. The normalized spacial score (nSPS) is 13.7. The lowest BCUT2D eigenvalue weighted by Crippen LogP contribution is -2.61. The molecule has 10 heteroatoms. The van der Waals surface area contributed by atoms with Crippen molar-refractivity contribution >= 4 is 23.9 Å². The summed E-state index contributed by atoms with van der Waals surface area (Å²) < 4.78 is 11.4. The quantitative estimate of drug-likeness (QED) is 0.159. The van der Waals surface area contributed by atoms with Crippen LogP contribution in [0.3, 0.4) is 0 Å². The summed E-state index contributed by atoms with van der Waals surface area (Å²) in [5, 5.41) is 15.7. The third-order valence-corrected chi connectivity index (χ3v) is 8.64. The standard InChI is InChI=1S/C42H57N3O7/c1-12-42(10,11)45(37(48)33(44-39(50)52-41(7,8)9)25-30-19-21-31(46)22-20-30)35(32-23-18-27(2)24-28(32)3)36(47)43-34(38(49)51-40(4,5)6)26-29-16-14-13-15-17-29/h13-24,33-35,46H,12,25-26H2,1-11H3,(H,43,47)(H,44,50). The molecule has 3 amide bonds. The average Bonchev–Trinajstić information content (AvgIpc) is 3.02. The van der Waals surface area contributed by atoms with Gasteiger partial charge in [0.15, 0.2) is 0 Å². The van der Waals surface area contributed by atoms with E-state index in [0.29, 0.717) is 17.5 Å². The van der Waals surface area contributed by atoms with Crippen molar-refractivity contribution in [1.29, 1.82) is 0 Å². The number of hydrogen-bond acceptors (Lipinski definition) is 7. The van der Waals surface area contributed by atoms with Gasteiger partial charge in [0.1, 0.15) is 35.1 Å². The highest BCUT2D eigenvalue weighted by Gasteiger charge is 2.44. The number of alkyl carbamates (subject to hydrolysis) is 1. The van der Waals surface area contributed by atoms with Crippen molar-refractivity contribution in [3.05, 3.63) is 101 Å². The molecule has 0 heterocycles. The minimum atomic E-state index is -1.22. The minimum Gasteiger partial charge on any atom is -0.508 e. The van der Waals surface area contributed by atoms with E-state index in [-0.39, 0.29) is 18.6 Å². The number of ether oxygens (including phenoxy) is 2. The van der Waals surface area contributed by atoms with Crippen molar-refractivity contribution in [3.8, 4) is 5.75 Å². The Morgan fingerprint density at radius 3 is 1.83 bits per heavy atom. The SMILES string of the molecule is CCC(C)(C)N(C(=O)C(Cc1ccc(O)cc1)NC(=O)OC(C)(C)C)C(C(=O)NC(Cc1ccccc1)C(=O)OC(C)(C)C)c1ccc(C)cc1C. The second kappa shape index (κ2) is 17.1. The molecule has 0 radical (unpaired) electrons. The van der Waals surface area contributed by atoms with Gasteiger partial charge in [-0.2, -0.15) is 0 Å². The number of carbonyl (C=O) groups excluding carboxylic acids is 4. The molecule has 0 aliphatic carbocycles. The zero-order chi connectivity index (χ0) is 39.0. The summed E-state index contributed by atoms with van der Waals surface area (Å²) >= 11 is 0. The van der Waals surface area contributed by atoms with Crippen LogP contribution in [-0.4, -0.2) is 62.7 Å². The molecule has 282 valence electrons. The highest BCUT2D eigenvalue weighted by molar-refractivity contribution is 5.94. The molecule has 3 atom stereocenters. The Balaban J connectivity index is 2.21. The summed E-state index contributed by atoms with van der Waals surface area (Å²) in [4.78, 5) is 58.6. The van der Waals surface area contributed by atoms with E-state index >= 15 is 4.79 Å². The summed E-state index contributed by atoms with van der Waals surface area (Å²) in [7, 11) is 0. The number of carbonyl (C=O) groups is 4. The number of aromatic hydroxyl groups is 1. The van der Waals surface area contributed by atoms with E-state index in [1.54, 1.807) is 53.7 Å². The van der Waals surface area contributed by atoms with Crippen LogP contribution in [-0.2, 0) is 36.7 Å². The van der Waals surface area contributed by atoms with Gasteiger partial charge < -0.3 is 30.1 Å². The molecule has 3 N–H and O–H groups in total. The molecule has 10 nitrogen and oxygen atoms in total.